The highest BCUT2D eigenvalue weighted by Gasteiger charge is 2.39. The third-order valence-corrected chi connectivity index (χ3v) is 10.8. The monoisotopic (exact) mass is 989 g/mol. The number of carbonyl (C=O) groups is 4. The summed E-state index contributed by atoms with van der Waals surface area (Å²) in [5, 5.41) is 13.2. The van der Waals surface area contributed by atoms with Crippen molar-refractivity contribution in [1.82, 2.24) is 29.3 Å². The zero-order chi connectivity index (χ0) is 51.9. The quantitative estimate of drug-likeness (QED) is 0.0281. The second kappa shape index (κ2) is 29.6. The molecule has 4 heterocycles. The summed E-state index contributed by atoms with van der Waals surface area (Å²) in [5.74, 6) is -1.97. The van der Waals surface area contributed by atoms with Gasteiger partial charge in [-0.15, -0.1) is 0 Å². The average molecular weight is 990 g/mol. The van der Waals surface area contributed by atoms with Gasteiger partial charge in [0.25, 0.3) is 16.8 Å². The smallest absolute Gasteiger partial charge is 0.330 e. The lowest BCUT2D eigenvalue weighted by atomic mass is 10.1. The highest BCUT2D eigenvalue weighted by atomic mass is 16.6. The Morgan fingerprint density at radius 2 is 1.14 bits per heavy atom. The molecule has 1 amide bonds. The lowest BCUT2D eigenvalue weighted by Gasteiger charge is -2.18. The zero-order valence-corrected chi connectivity index (χ0v) is 40.0. The number of nitrogens with zero attached hydrogens (tertiary/aromatic N) is 4. The van der Waals surface area contributed by atoms with E-state index in [-0.39, 0.29) is 62.0 Å². The van der Waals surface area contributed by atoms with Crippen molar-refractivity contribution in [3.8, 4) is 5.75 Å². The van der Waals surface area contributed by atoms with E-state index in [2.05, 4.69) is 20.2 Å². The molecule has 2 aliphatic heterocycles. The van der Waals surface area contributed by atoms with Crippen LogP contribution in [0.4, 0.5) is 5.69 Å². The SMILES string of the molecule is CC[C@H]1O[C@@H](n2cc(C)c(=O)[nH]c2=O)CC1OC(=O)CCC(=O)NCCN.CC[C@H]1O[C@@H](n2cc(C)c(=O)[nH]c2=O)CC1OC(=O)CCC(=O)Oc1ccc([N+](=O)[O-])cc1.NCCN(CCN)CCN. The first-order chi connectivity index (χ1) is 33.4. The first-order valence-corrected chi connectivity index (χ1v) is 23.0. The fourth-order valence-corrected chi connectivity index (χ4v) is 7.19. The molecule has 6 atom stereocenters. The van der Waals surface area contributed by atoms with Crippen LogP contribution in [0, 0.1) is 24.0 Å². The first-order valence-electron chi connectivity index (χ1n) is 23.0. The van der Waals surface area contributed by atoms with E-state index < -0.39 is 76.1 Å². The van der Waals surface area contributed by atoms with Gasteiger partial charge in [-0.2, -0.15) is 0 Å². The van der Waals surface area contributed by atoms with Gasteiger partial charge in [-0.25, -0.2) is 9.59 Å². The van der Waals surface area contributed by atoms with Crippen LogP contribution in [0.2, 0.25) is 0 Å². The molecule has 26 nitrogen and oxygen atoms in total. The Morgan fingerprint density at radius 3 is 1.54 bits per heavy atom. The molecule has 11 N–H and O–H groups in total. The summed E-state index contributed by atoms with van der Waals surface area (Å²) in [4.78, 5) is 112. The molecule has 3 aromatic rings. The van der Waals surface area contributed by atoms with Crippen molar-refractivity contribution in [2.24, 2.45) is 22.9 Å². The van der Waals surface area contributed by atoms with Crippen LogP contribution in [0.5, 0.6) is 5.75 Å². The van der Waals surface area contributed by atoms with E-state index >= 15 is 0 Å². The molecule has 0 aliphatic carbocycles. The minimum Gasteiger partial charge on any atom is -0.459 e. The van der Waals surface area contributed by atoms with Gasteiger partial charge in [-0.05, 0) is 38.8 Å². The number of hydrogen-bond donors (Lipinski definition) is 7. The topological polar surface area (TPSA) is 387 Å². The molecule has 2 aromatic heterocycles. The standard InChI is InChI=1S/C21H23N3O9.C17H26N4O6.C6H18N4/c1-3-15-16(10-17(32-15)23-11-12(2)20(27)22-21(23)28)33-19(26)9-8-18(25)31-14-6-4-13(5-7-14)24(29)30;1-3-11-12(27-15(23)5-4-13(22)19-7-6-18)8-14(26-11)21-9-10(2)16(24)20-17(21)25;7-1-4-10(5-2-8)6-3-9/h4-7,11,15-17H,3,8-10H2,1-2H3,(H,22,27,28);9,11-12,14H,3-8,18H2,1-2H3,(H,19,22)(H,20,24,25);1-9H2/t15-,16?,17-;11-,12?,14-;/m11./s1. The number of nitrogens with one attached hydrogen (secondary N) is 3. The summed E-state index contributed by atoms with van der Waals surface area (Å²) in [7, 11) is 0. The fourth-order valence-electron chi connectivity index (χ4n) is 7.19. The van der Waals surface area contributed by atoms with Crippen molar-refractivity contribution in [1.29, 1.82) is 0 Å². The van der Waals surface area contributed by atoms with Crippen LogP contribution in [0.1, 0.15) is 88.8 Å². The number of ether oxygens (including phenoxy) is 5. The van der Waals surface area contributed by atoms with Gasteiger partial charge in [0, 0.05) is 107 Å². The van der Waals surface area contributed by atoms with Crippen LogP contribution in [0.25, 0.3) is 0 Å². The Labute approximate surface area is 402 Å². The summed E-state index contributed by atoms with van der Waals surface area (Å²) in [6, 6.07) is 4.98. The predicted molar refractivity (Wildman–Crippen MR) is 252 cm³/mol. The Kier molecular flexibility index (Phi) is 24.5. The minimum absolute atomic E-state index is 0.0191. The van der Waals surface area contributed by atoms with Crippen LogP contribution < -0.4 is 55.5 Å². The summed E-state index contributed by atoms with van der Waals surface area (Å²) in [5.41, 5.74) is 19.9. The molecule has 0 bridgehead atoms. The lowest BCUT2D eigenvalue weighted by Crippen LogP contribution is -2.37. The number of rotatable bonds is 22. The summed E-state index contributed by atoms with van der Waals surface area (Å²) >= 11 is 0. The molecule has 5 rings (SSSR count). The molecule has 0 saturated carbocycles. The lowest BCUT2D eigenvalue weighted by molar-refractivity contribution is -0.384. The van der Waals surface area contributed by atoms with Gasteiger partial charge in [-0.1, -0.05) is 13.8 Å². The summed E-state index contributed by atoms with van der Waals surface area (Å²) in [6.45, 7) is 12.3. The van der Waals surface area contributed by atoms with Gasteiger partial charge < -0.3 is 51.9 Å². The number of non-ortho nitro benzene ring substituents is 1. The number of nitro groups is 1. The van der Waals surface area contributed by atoms with E-state index in [1.54, 1.807) is 13.8 Å². The van der Waals surface area contributed by atoms with E-state index in [1.807, 2.05) is 13.8 Å². The molecule has 0 radical (unpaired) electrons. The Morgan fingerprint density at radius 1 is 0.714 bits per heavy atom. The summed E-state index contributed by atoms with van der Waals surface area (Å²) < 4.78 is 30.2. The average Bonchev–Trinajstić information content (AvgIpc) is 3.93. The second-order valence-corrected chi connectivity index (χ2v) is 16.1. The number of aromatic amines is 2. The molecule has 70 heavy (non-hydrogen) atoms. The maximum Gasteiger partial charge on any atom is 0.330 e. The molecule has 2 fully saturated rings. The molecule has 26 heteroatoms. The number of nitrogens with two attached hydrogens (primary N) is 4. The number of benzene rings is 1. The number of nitro benzene ring substituents is 1. The third-order valence-electron chi connectivity index (χ3n) is 10.8. The normalized spacial score (nSPS) is 19.3. The molecule has 2 unspecified atom stereocenters. The molecule has 1 aromatic carbocycles. The fraction of sp³-hybridized carbons (Fsp3) is 0.591. The van der Waals surface area contributed by atoms with Gasteiger partial charge in [-0.3, -0.25) is 62.9 Å². The van der Waals surface area contributed by atoms with E-state index in [9.17, 15) is 48.5 Å². The number of aryl methyl sites for hydroxylation is 2. The van der Waals surface area contributed by atoms with Crippen LogP contribution in [0.15, 0.2) is 55.8 Å². The predicted octanol–water partition coefficient (Wildman–Crippen LogP) is -0.778. The van der Waals surface area contributed by atoms with Gasteiger partial charge in [0.15, 0.2) is 0 Å². The van der Waals surface area contributed by atoms with Crippen LogP contribution >= 0.6 is 0 Å². The third kappa shape index (κ3) is 18.5. The number of amides is 1. The van der Waals surface area contributed by atoms with Gasteiger partial charge in [0.2, 0.25) is 5.91 Å². The van der Waals surface area contributed by atoms with Crippen molar-refractivity contribution >= 4 is 29.5 Å². The number of H-pyrrole nitrogens is 2. The Hall–Kier alpha value is -6.42. The number of aromatic nitrogens is 4. The van der Waals surface area contributed by atoms with Crippen LogP contribution in [-0.2, 0) is 38.1 Å². The number of esters is 3. The van der Waals surface area contributed by atoms with Crippen molar-refractivity contribution in [2.75, 3.05) is 52.4 Å². The number of hydrogen-bond acceptors (Lipinski definition) is 20. The molecular weight excluding hydrogens is 923 g/mol. The van der Waals surface area contributed by atoms with Gasteiger partial charge in [0.1, 0.15) is 30.4 Å². The largest absolute Gasteiger partial charge is 0.459 e. The highest BCUT2D eigenvalue weighted by Crippen LogP contribution is 2.33. The highest BCUT2D eigenvalue weighted by molar-refractivity contribution is 5.81. The zero-order valence-electron chi connectivity index (χ0n) is 40.0. The molecule has 2 saturated heterocycles. The van der Waals surface area contributed by atoms with Crippen LogP contribution in [-0.4, -0.2) is 130 Å². The van der Waals surface area contributed by atoms with Gasteiger partial charge >= 0.3 is 29.3 Å². The second-order valence-electron chi connectivity index (χ2n) is 16.1. The van der Waals surface area contributed by atoms with Crippen molar-refractivity contribution in [2.45, 2.75) is 116 Å². The molecule has 388 valence electrons. The molecular formula is C44H67N11O15. The van der Waals surface area contributed by atoms with Crippen molar-refractivity contribution < 1.29 is 47.8 Å². The van der Waals surface area contributed by atoms with Gasteiger partial charge in [0.05, 0.1) is 36.4 Å². The molecule has 0 spiro atoms. The van der Waals surface area contributed by atoms with E-state index in [0.717, 1.165) is 19.6 Å². The minimum atomic E-state index is -0.706. The van der Waals surface area contributed by atoms with E-state index in [1.165, 1.54) is 45.8 Å². The Bertz CT molecular complexity index is 2410. The maximum absolute atomic E-state index is 12.3. The van der Waals surface area contributed by atoms with Crippen molar-refractivity contribution in [3.63, 3.8) is 0 Å². The maximum atomic E-state index is 12.3. The van der Waals surface area contributed by atoms with Crippen molar-refractivity contribution in [3.05, 3.63) is 99.6 Å². The van der Waals surface area contributed by atoms with E-state index in [0.29, 0.717) is 56.7 Å². The van der Waals surface area contributed by atoms with Crippen LogP contribution in [0.3, 0.4) is 0 Å². The first kappa shape index (κ1) is 57.9. The summed E-state index contributed by atoms with van der Waals surface area (Å²) in [6.07, 6.45) is 0.604. The molecule has 2 aliphatic rings. The Balaban J connectivity index is 0.000000314. The van der Waals surface area contributed by atoms with E-state index in [4.69, 9.17) is 46.6 Å². The number of carbonyl (C=O) groups excluding carboxylic acids is 4.